The predicted molar refractivity (Wildman–Crippen MR) is 69.0 cm³/mol. The molecule has 0 saturated carbocycles. The average molecular weight is 281 g/mol. The molecule has 0 fully saturated rings. The molecule has 1 aromatic rings. The fourth-order valence-corrected chi connectivity index (χ4v) is 1.97. The standard InChI is InChI=1S/C13H15NO6/c15-7-9(16)6-14-10-5-8(13(18)19)1-2-11(10)20-4-3-12(14)17/h1-2,5,9,15-16H,3-4,6-7H2,(H,18,19). The van der Waals surface area contributed by atoms with Crippen LogP contribution in [0.4, 0.5) is 5.69 Å². The minimum Gasteiger partial charge on any atom is -0.491 e. The number of aromatic carboxylic acids is 1. The van der Waals surface area contributed by atoms with Gasteiger partial charge in [-0.25, -0.2) is 4.79 Å². The molecule has 108 valence electrons. The number of carboxylic acids is 1. The van der Waals surface area contributed by atoms with E-state index in [0.29, 0.717) is 11.4 Å². The molecule has 7 heteroatoms. The van der Waals surface area contributed by atoms with E-state index in [2.05, 4.69) is 0 Å². The summed E-state index contributed by atoms with van der Waals surface area (Å²) in [5.41, 5.74) is 0.311. The molecule has 1 amide bonds. The molecule has 3 N–H and O–H groups in total. The molecule has 0 bridgehead atoms. The van der Waals surface area contributed by atoms with Crippen LogP contribution in [0.25, 0.3) is 0 Å². The summed E-state index contributed by atoms with van der Waals surface area (Å²) in [7, 11) is 0. The molecule has 1 heterocycles. The molecule has 0 saturated heterocycles. The molecular weight excluding hydrogens is 266 g/mol. The van der Waals surface area contributed by atoms with Gasteiger partial charge in [0.2, 0.25) is 5.91 Å². The van der Waals surface area contributed by atoms with Crippen LogP contribution >= 0.6 is 0 Å². The highest BCUT2D eigenvalue weighted by Gasteiger charge is 2.26. The van der Waals surface area contributed by atoms with Crippen molar-refractivity contribution in [3.8, 4) is 5.75 Å². The number of anilines is 1. The van der Waals surface area contributed by atoms with Gasteiger partial charge in [-0.05, 0) is 18.2 Å². The Kier molecular flexibility index (Phi) is 4.21. The number of aliphatic hydroxyl groups excluding tert-OH is 2. The van der Waals surface area contributed by atoms with Crippen LogP contribution in [0.15, 0.2) is 18.2 Å². The summed E-state index contributed by atoms with van der Waals surface area (Å²) in [6.07, 6.45) is -0.978. The summed E-state index contributed by atoms with van der Waals surface area (Å²) < 4.78 is 5.40. The van der Waals surface area contributed by atoms with Gasteiger partial charge in [-0.2, -0.15) is 0 Å². The largest absolute Gasteiger partial charge is 0.491 e. The molecule has 0 aromatic heterocycles. The van der Waals surface area contributed by atoms with E-state index >= 15 is 0 Å². The number of fused-ring (bicyclic) bond motifs is 1. The first kappa shape index (κ1) is 14.3. The topological polar surface area (TPSA) is 107 Å². The number of benzene rings is 1. The summed E-state index contributed by atoms with van der Waals surface area (Å²) in [6, 6.07) is 4.19. The van der Waals surface area contributed by atoms with Crippen molar-refractivity contribution in [2.24, 2.45) is 0 Å². The van der Waals surface area contributed by atoms with Crippen molar-refractivity contribution in [1.29, 1.82) is 0 Å². The first-order valence-corrected chi connectivity index (χ1v) is 6.12. The summed E-state index contributed by atoms with van der Waals surface area (Å²) in [6.45, 7) is -0.419. The van der Waals surface area contributed by atoms with Gasteiger partial charge in [-0.3, -0.25) is 4.79 Å². The normalized spacial score (nSPS) is 16.1. The quantitative estimate of drug-likeness (QED) is 0.708. The Labute approximate surface area is 115 Å². The zero-order valence-electron chi connectivity index (χ0n) is 10.7. The molecule has 1 aliphatic rings. The van der Waals surface area contributed by atoms with E-state index in [-0.39, 0.29) is 31.0 Å². The van der Waals surface area contributed by atoms with E-state index in [1.54, 1.807) is 0 Å². The van der Waals surface area contributed by atoms with Gasteiger partial charge >= 0.3 is 5.97 Å². The summed E-state index contributed by atoms with van der Waals surface area (Å²) >= 11 is 0. The van der Waals surface area contributed by atoms with Gasteiger partial charge in [-0.1, -0.05) is 0 Å². The maximum Gasteiger partial charge on any atom is 0.335 e. The Morgan fingerprint density at radius 1 is 1.45 bits per heavy atom. The Bertz CT molecular complexity index is 530. The molecule has 7 nitrogen and oxygen atoms in total. The third kappa shape index (κ3) is 2.89. The van der Waals surface area contributed by atoms with E-state index in [1.807, 2.05) is 0 Å². The molecular formula is C13H15NO6. The Morgan fingerprint density at radius 3 is 2.85 bits per heavy atom. The van der Waals surface area contributed by atoms with E-state index in [1.165, 1.54) is 23.1 Å². The summed E-state index contributed by atoms with van der Waals surface area (Å²) in [4.78, 5) is 24.3. The van der Waals surface area contributed by atoms with Crippen LogP contribution in [0, 0.1) is 0 Å². The molecule has 0 radical (unpaired) electrons. The number of carbonyl (C=O) groups is 2. The van der Waals surface area contributed by atoms with Gasteiger partial charge in [0.15, 0.2) is 0 Å². The second-order valence-electron chi connectivity index (χ2n) is 4.43. The highest BCUT2D eigenvalue weighted by molar-refractivity contribution is 5.98. The molecule has 1 unspecified atom stereocenters. The summed E-state index contributed by atoms with van der Waals surface area (Å²) in [5.74, 6) is -1.03. The zero-order valence-corrected chi connectivity index (χ0v) is 10.7. The number of ether oxygens (including phenoxy) is 1. The van der Waals surface area contributed by atoms with Gasteiger partial charge in [0.05, 0.1) is 43.5 Å². The molecule has 0 spiro atoms. The van der Waals surface area contributed by atoms with Crippen molar-refractivity contribution in [1.82, 2.24) is 0 Å². The fraction of sp³-hybridized carbons (Fsp3) is 0.385. The number of rotatable bonds is 4. The van der Waals surface area contributed by atoms with Gasteiger partial charge in [0.1, 0.15) is 5.75 Å². The van der Waals surface area contributed by atoms with Crippen LogP contribution in [0.5, 0.6) is 5.75 Å². The highest BCUT2D eigenvalue weighted by atomic mass is 16.5. The van der Waals surface area contributed by atoms with Crippen LogP contribution in [0.3, 0.4) is 0 Å². The number of hydrogen-bond acceptors (Lipinski definition) is 5. The van der Waals surface area contributed by atoms with Crippen molar-refractivity contribution in [3.05, 3.63) is 23.8 Å². The number of hydrogen-bond donors (Lipinski definition) is 3. The average Bonchev–Trinajstić information content (AvgIpc) is 2.58. The Hall–Kier alpha value is -2.12. The smallest absolute Gasteiger partial charge is 0.335 e. The Balaban J connectivity index is 2.42. The molecule has 1 aliphatic heterocycles. The lowest BCUT2D eigenvalue weighted by molar-refractivity contribution is -0.119. The molecule has 0 aliphatic carbocycles. The molecule has 20 heavy (non-hydrogen) atoms. The minimum absolute atomic E-state index is 0.0190. The maximum atomic E-state index is 12.0. The van der Waals surface area contributed by atoms with E-state index in [4.69, 9.17) is 14.9 Å². The van der Waals surface area contributed by atoms with Crippen molar-refractivity contribution in [2.45, 2.75) is 12.5 Å². The van der Waals surface area contributed by atoms with Crippen LogP contribution in [0.1, 0.15) is 16.8 Å². The van der Waals surface area contributed by atoms with Gasteiger partial charge in [-0.15, -0.1) is 0 Å². The lowest BCUT2D eigenvalue weighted by Crippen LogP contribution is -2.38. The van der Waals surface area contributed by atoms with Crippen LogP contribution < -0.4 is 9.64 Å². The van der Waals surface area contributed by atoms with Gasteiger partial charge in [0, 0.05) is 0 Å². The predicted octanol–water partition coefficient (Wildman–Crippen LogP) is -0.147. The van der Waals surface area contributed by atoms with Gasteiger partial charge < -0.3 is 25.0 Å². The fourth-order valence-electron chi connectivity index (χ4n) is 1.97. The molecule has 1 aromatic carbocycles. The number of nitrogens with zero attached hydrogens (tertiary/aromatic N) is 1. The molecule has 1 atom stereocenters. The minimum atomic E-state index is -1.12. The van der Waals surface area contributed by atoms with Crippen LogP contribution in [-0.4, -0.2) is 53.1 Å². The highest BCUT2D eigenvalue weighted by Crippen LogP contribution is 2.32. The van der Waals surface area contributed by atoms with Crippen LogP contribution in [-0.2, 0) is 4.79 Å². The Morgan fingerprint density at radius 2 is 2.20 bits per heavy atom. The monoisotopic (exact) mass is 281 g/mol. The number of amides is 1. The summed E-state index contributed by atoms with van der Waals surface area (Å²) in [5, 5.41) is 27.4. The SMILES string of the molecule is O=C(O)c1ccc2c(c1)N(CC(O)CO)C(=O)CCO2. The van der Waals surface area contributed by atoms with Crippen molar-refractivity contribution < 1.29 is 29.6 Å². The third-order valence-electron chi connectivity index (χ3n) is 2.98. The molecule has 2 rings (SSSR count). The zero-order chi connectivity index (χ0) is 14.7. The maximum absolute atomic E-state index is 12.0. The van der Waals surface area contributed by atoms with Crippen molar-refractivity contribution in [3.63, 3.8) is 0 Å². The van der Waals surface area contributed by atoms with Gasteiger partial charge in [0.25, 0.3) is 0 Å². The van der Waals surface area contributed by atoms with Crippen molar-refractivity contribution in [2.75, 3.05) is 24.7 Å². The number of carboxylic acid groups (broad SMARTS) is 1. The number of aliphatic hydroxyl groups is 2. The lowest BCUT2D eigenvalue weighted by atomic mass is 10.1. The van der Waals surface area contributed by atoms with E-state index < -0.39 is 18.7 Å². The lowest BCUT2D eigenvalue weighted by Gasteiger charge is -2.24. The second kappa shape index (κ2) is 5.89. The first-order chi connectivity index (χ1) is 9.52. The number of carbonyl (C=O) groups excluding carboxylic acids is 1. The third-order valence-corrected chi connectivity index (χ3v) is 2.98. The van der Waals surface area contributed by atoms with Crippen LogP contribution in [0.2, 0.25) is 0 Å². The van der Waals surface area contributed by atoms with E-state index in [9.17, 15) is 14.7 Å². The van der Waals surface area contributed by atoms with Crippen molar-refractivity contribution >= 4 is 17.6 Å². The first-order valence-electron chi connectivity index (χ1n) is 6.12. The number of β-amino-alcohol motifs (C(OH)–C–C–N with tert-alkyl or cyclic N) is 1. The van der Waals surface area contributed by atoms with E-state index in [0.717, 1.165) is 0 Å². The second-order valence-corrected chi connectivity index (χ2v) is 4.43.